The van der Waals surface area contributed by atoms with Crippen LogP contribution >= 0.6 is 0 Å². The van der Waals surface area contributed by atoms with E-state index < -0.39 is 22.1 Å². The first-order valence-electron chi connectivity index (χ1n) is 8.20. The molecule has 0 rings (SSSR count). The number of hydrogen-bond donors (Lipinski definition) is 2. The van der Waals surface area contributed by atoms with E-state index >= 15 is 0 Å². The quantitative estimate of drug-likeness (QED) is 0.203. The van der Waals surface area contributed by atoms with Crippen molar-refractivity contribution in [1.82, 2.24) is 4.90 Å². The van der Waals surface area contributed by atoms with E-state index in [1.165, 1.54) is 51.4 Å². The van der Waals surface area contributed by atoms with Gasteiger partial charge in [-0.25, -0.2) is 0 Å². The third-order valence-corrected chi connectivity index (χ3v) is 4.45. The first-order valence-corrected chi connectivity index (χ1v) is 9.81. The molecule has 1 atom stereocenters. The van der Waals surface area contributed by atoms with Crippen molar-refractivity contribution in [2.24, 2.45) is 0 Å². The zero-order chi connectivity index (χ0) is 16.1. The molecule has 0 saturated carbocycles. The van der Waals surface area contributed by atoms with E-state index in [-0.39, 0.29) is 31.0 Å². The maximum atomic E-state index is 10.7. The van der Waals surface area contributed by atoms with E-state index in [1.807, 2.05) is 0 Å². The molecule has 0 aromatic carbocycles. The molecule has 5 nitrogen and oxygen atoms in total. The van der Waals surface area contributed by atoms with Gasteiger partial charge >= 0.3 is 29.6 Å². The second-order valence-corrected chi connectivity index (χ2v) is 7.39. The smallest absolute Gasteiger partial charge is 1.00 e. The van der Waals surface area contributed by atoms with Gasteiger partial charge in [-0.1, -0.05) is 64.7 Å². The van der Waals surface area contributed by atoms with Crippen LogP contribution in [-0.4, -0.2) is 48.6 Å². The van der Waals surface area contributed by atoms with Gasteiger partial charge in [0.05, 0.1) is 0 Å². The van der Waals surface area contributed by atoms with Gasteiger partial charge in [0.1, 0.15) is 12.0 Å². The van der Waals surface area contributed by atoms with Crippen molar-refractivity contribution in [2.45, 2.75) is 77.4 Å². The first-order chi connectivity index (χ1) is 9.87. The summed E-state index contributed by atoms with van der Waals surface area (Å²) in [6, 6.07) is 0. The Kier molecular flexibility index (Phi) is 17.5. The Balaban J connectivity index is -0.00000200. The molecule has 130 valence electrons. The van der Waals surface area contributed by atoms with E-state index in [0.717, 1.165) is 12.8 Å². The second kappa shape index (κ2) is 15.4. The summed E-state index contributed by atoms with van der Waals surface area (Å²) < 4.78 is 30.0. The summed E-state index contributed by atoms with van der Waals surface area (Å²) in [5, 5.41) is 9.58. The van der Waals surface area contributed by atoms with Gasteiger partial charge in [-0.15, -0.1) is 0 Å². The van der Waals surface area contributed by atoms with Gasteiger partial charge < -0.3 is 6.53 Å². The molecule has 0 aromatic rings. The van der Waals surface area contributed by atoms with E-state index in [9.17, 15) is 13.5 Å². The molecule has 1 unspecified atom stereocenters. The van der Waals surface area contributed by atoms with Crippen molar-refractivity contribution in [3.05, 3.63) is 0 Å². The zero-order valence-corrected chi connectivity index (χ0v) is 17.4. The molecule has 0 amide bonds. The van der Waals surface area contributed by atoms with Crippen LogP contribution < -0.4 is 29.6 Å². The Morgan fingerprint density at radius 3 is 1.77 bits per heavy atom. The van der Waals surface area contributed by atoms with Crippen LogP contribution in [0.15, 0.2) is 0 Å². The van der Waals surface area contributed by atoms with Crippen molar-refractivity contribution in [3.63, 3.8) is 0 Å². The molecular formula is C15H34NNaO4S. The van der Waals surface area contributed by atoms with Crippen LogP contribution in [0.5, 0.6) is 0 Å². The van der Waals surface area contributed by atoms with Crippen molar-refractivity contribution in [2.75, 3.05) is 19.3 Å². The molecule has 0 aliphatic carbocycles. The minimum Gasteiger partial charge on any atom is -1.00 e. The van der Waals surface area contributed by atoms with Gasteiger partial charge in [0.15, 0.2) is 0 Å². The molecule has 7 heteroatoms. The van der Waals surface area contributed by atoms with E-state index in [0.29, 0.717) is 6.54 Å². The molecule has 0 radical (unpaired) electrons. The Hall–Kier alpha value is 0.830. The summed E-state index contributed by atoms with van der Waals surface area (Å²) in [5.74, 6) is -0.624. The summed E-state index contributed by atoms with van der Waals surface area (Å²) >= 11 is 0. The number of hydrogen-bond acceptors (Lipinski definition) is 4. The van der Waals surface area contributed by atoms with Crippen molar-refractivity contribution in [1.29, 1.82) is 0 Å². The molecular weight excluding hydrogens is 313 g/mol. The topological polar surface area (TPSA) is 77.8 Å². The summed E-state index contributed by atoms with van der Waals surface area (Å²) in [6.45, 7) is 2.87. The fourth-order valence-electron chi connectivity index (χ4n) is 2.31. The Morgan fingerprint density at radius 1 is 0.955 bits per heavy atom. The number of aliphatic hydroxyl groups is 1. The monoisotopic (exact) mass is 347 g/mol. The zero-order valence-electron chi connectivity index (χ0n) is 15.6. The summed E-state index contributed by atoms with van der Waals surface area (Å²) in [5.41, 5.74) is 0. The van der Waals surface area contributed by atoms with Crippen LogP contribution in [0, 0.1) is 0 Å². The minimum absolute atomic E-state index is 0. The van der Waals surface area contributed by atoms with E-state index in [1.54, 1.807) is 11.9 Å². The number of aliphatic hydroxyl groups excluding tert-OH is 1. The maximum absolute atomic E-state index is 10.7. The van der Waals surface area contributed by atoms with Gasteiger partial charge in [0.25, 0.3) is 10.1 Å². The summed E-state index contributed by atoms with van der Waals surface area (Å²) in [6.07, 6.45) is 11.3. The molecule has 0 bridgehead atoms. The van der Waals surface area contributed by atoms with Crippen LogP contribution in [0.4, 0.5) is 0 Å². The molecule has 0 heterocycles. The van der Waals surface area contributed by atoms with Gasteiger partial charge in [-0.05, 0) is 13.5 Å². The largest absolute Gasteiger partial charge is 1.00 e. The molecule has 0 fully saturated rings. The second-order valence-electron chi connectivity index (χ2n) is 5.89. The Labute approximate surface area is 160 Å². The third-order valence-electron chi connectivity index (χ3n) is 3.73. The molecule has 22 heavy (non-hydrogen) atoms. The fourth-order valence-corrected chi connectivity index (χ4v) is 2.94. The van der Waals surface area contributed by atoms with Crippen molar-refractivity contribution in [3.8, 4) is 0 Å². The van der Waals surface area contributed by atoms with Gasteiger partial charge in [0, 0.05) is 6.54 Å². The number of nitrogens with zero attached hydrogens (tertiary/aromatic N) is 1. The molecule has 0 aromatic heterocycles. The minimum atomic E-state index is -4.11. The summed E-state index contributed by atoms with van der Waals surface area (Å²) in [7, 11) is -2.44. The Bertz CT molecular complexity index is 344. The average molecular weight is 347 g/mol. The molecule has 0 saturated heterocycles. The van der Waals surface area contributed by atoms with Crippen molar-refractivity contribution < 1.29 is 49.1 Å². The predicted octanol–water partition coefficient (Wildman–Crippen LogP) is 0.162. The molecule has 0 spiro atoms. The van der Waals surface area contributed by atoms with Gasteiger partial charge in [-0.3, -0.25) is 9.45 Å². The standard InChI is InChI=1S/C15H33NO4S.Na.H/c1-3-4-5-6-7-8-9-10-11-12-13-16(2)15(17)14-21(18,19)20;;/h15,17H,3-14H2,1-2H3,(H,18,19,20);;/q;+1;-1. The number of unbranched alkanes of at least 4 members (excludes halogenated alkanes) is 9. The van der Waals surface area contributed by atoms with E-state index in [2.05, 4.69) is 6.92 Å². The maximum Gasteiger partial charge on any atom is 1.00 e. The summed E-state index contributed by atoms with van der Waals surface area (Å²) in [4.78, 5) is 1.57. The normalized spacial score (nSPS) is 13.1. The Morgan fingerprint density at radius 2 is 1.36 bits per heavy atom. The molecule has 0 aliphatic rings. The van der Waals surface area contributed by atoms with E-state index in [4.69, 9.17) is 4.55 Å². The third kappa shape index (κ3) is 17.2. The van der Waals surface area contributed by atoms with Crippen LogP contribution in [0.25, 0.3) is 0 Å². The fraction of sp³-hybridized carbons (Fsp3) is 1.00. The molecule has 0 aliphatic heterocycles. The van der Waals surface area contributed by atoms with Crippen LogP contribution in [0.2, 0.25) is 0 Å². The first kappa shape index (κ1) is 25.1. The van der Waals surface area contributed by atoms with Gasteiger partial charge in [0.2, 0.25) is 0 Å². The molecule has 2 N–H and O–H groups in total. The van der Waals surface area contributed by atoms with Crippen molar-refractivity contribution >= 4 is 10.1 Å². The van der Waals surface area contributed by atoms with Gasteiger partial charge in [-0.2, -0.15) is 8.42 Å². The van der Waals surface area contributed by atoms with Crippen LogP contribution in [-0.2, 0) is 10.1 Å². The van der Waals surface area contributed by atoms with Crippen LogP contribution in [0.3, 0.4) is 0 Å². The number of rotatable bonds is 14. The average Bonchev–Trinajstić information content (AvgIpc) is 2.38. The SMILES string of the molecule is CCCCCCCCCCCCN(C)C(O)CS(=O)(=O)O.[H-].[Na+]. The van der Waals surface area contributed by atoms with Crippen LogP contribution in [0.1, 0.15) is 72.6 Å². The predicted molar refractivity (Wildman–Crippen MR) is 88.0 cm³/mol.